The van der Waals surface area contributed by atoms with Gasteiger partial charge >= 0.3 is 51.4 Å². The van der Waals surface area contributed by atoms with E-state index in [1.165, 1.54) is 24.3 Å². The SMILES string of the molecule is C.CS(=O)(=O)c1ccc(C(=O)[O-])cc1.[K+]. The summed E-state index contributed by atoms with van der Waals surface area (Å²) in [5, 5.41) is 10.3. The van der Waals surface area contributed by atoms with Crippen LogP contribution in [0.5, 0.6) is 0 Å². The maximum Gasteiger partial charge on any atom is 1.00 e. The van der Waals surface area contributed by atoms with Gasteiger partial charge in [-0.1, -0.05) is 19.6 Å². The van der Waals surface area contributed by atoms with E-state index < -0.39 is 15.8 Å². The first-order chi connectivity index (χ1) is 5.91. The molecule has 0 aliphatic heterocycles. The van der Waals surface area contributed by atoms with Crippen molar-refractivity contribution < 1.29 is 69.7 Å². The smallest absolute Gasteiger partial charge is 0.545 e. The van der Waals surface area contributed by atoms with Gasteiger partial charge in [0, 0.05) is 6.26 Å². The van der Waals surface area contributed by atoms with Crippen molar-refractivity contribution in [2.75, 3.05) is 6.26 Å². The topological polar surface area (TPSA) is 74.3 Å². The molecule has 6 heteroatoms. The van der Waals surface area contributed by atoms with Crippen molar-refractivity contribution in [2.45, 2.75) is 12.3 Å². The summed E-state index contributed by atoms with van der Waals surface area (Å²) < 4.78 is 21.9. The van der Waals surface area contributed by atoms with Gasteiger partial charge in [-0.3, -0.25) is 0 Å². The molecule has 0 radical (unpaired) electrons. The van der Waals surface area contributed by atoms with E-state index in [-0.39, 0.29) is 69.3 Å². The summed E-state index contributed by atoms with van der Waals surface area (Å²) in [6.07, 6.45) is 1.06. The van der Waals surface area contributed by atoms with Gasteiger partial charge in [0.05, 0.1) is 10.9 Å². The number of carboxylic acid groups (broad SMARTS) is 1. The third-order valence-electron chi connectivity index (χ3n) is 1.52. The molecular weight excluding hydrogens is 243 g/mol. The Morgan fingerprint density at radius 3 is 1.87 bits per heavy atom. The maximum absolute atomic E-state index is 11.0. The van der Waals surface area contributed by atoms with Crippen molar-refractivity contribution in [1.29, 1.82) is 0 Å². The third-order valence-corrected chi connectivity index (χ3v) is 2.65. The second-order valence-corrected chi connectivity index (χ2v) is 4.60. The Morgan fingerprint density at radius 1 is 1.20 bits per heavy atom. The molecule has 0 amide bonds. The fourth-order valence-corrected chi connectivity index (χ4v) is 1.47. The van der Waals surface area contributed by atoms with Crippen LogP contribution in [0.4, 0.5) is 0 Å². The molecule has 0 unspecified atom stereocenters. The van der Waals surface area contributed by atoms with Crippen LogP contribution in [0.25, 0.3) is 0 Å². The van der Waals surface area contributed by atoms with Gasteiger partial charge in [-0.15, -0.1) is 0 Å². The van der Waals surface area contributed by atoms with Crippen molar-refractivity contribution in [3.63, 3.8) is 0 Å². The van der Waals surface area contributed by atoms with Gasteiger partial charge < -0.3 is 9.90 Å². The molecule has 0 heterocycles. The molecule has 0 aliphatic rings. The molecule has 1 aromatic rings. The summed E-state index contributed by atoms with van der Waals surface area (Å²) in [4.78, 5) is 10.4. The normalized spacial score (nSPS) is 9.67. The maximum atomic E-state index is 11.0. The van der Waals surface area contributed by atoms with E-state index in [1.54, 1.807) is 0 Å². The second-order valence-electron chi connectivity index (χ2n) is 2.58. The minimum atomic E-state index is -3.26. The molecule has 0 atom stereocenters. The molecule has 0 aromatic heterocycles. The molecule has 0 aliphatic carbocycles. The number of benzene rings is 1. The van der Waals surface area contributed by atoms with Gasteiger partial charge in [0.25, 0.3) is 0 Å². The fourth-order valence-electron chi connectivity index (χ4n) is 0.838. The van der Waals surface area contributed by atoms with E-state index in [2.05, 4.69) is 0 Å². The number of hydrogen-bond donors (Lipinski definition) is 0. The summed E-state index contributed by atoms with van der Waals surface area (Å²) >= 11 is 0. The van der Waals surface area contributed by atoms with Gasteiger partial charge in [-0.25, -0.2) is 8.42 Å². The Kier molecular flexibility index (Phi) is 7.98. The van der Waals surface area contributed by atoms with Gasteiger partial charge in [0.2, 0.25) is 0 Å². The largest absolute Gasteiger partial charge is 1.00 e. The molecule has 1 aromatic carbocycles. The Balaban J connectivity index is 0. The van der Waals surface area contributed by atoms with Crippen molar-refractivity contribution in [1.82, 2.24) is 0 Å². The van der Waals surface area contributed by atoms with Crippen LogP contribution in [0.15, 0.2) is 29.2 Å². The quantitative estimate of drug-likeness (QED) is 0.530. The molecular formula is C9H11KO4S. The zero-order chi connectivity index (χ0) is 10.1. The molecule has 0 spiro atoms. The predicted molar refractivity (Wildman–Crippen MR) is 50.6 cm³/mol. The van der Waals surface area contributed by atoms with Crippen molar-refractivity contribution in [2.24, 2.45) is 0 Å². The fraction of sp³-hybridized carbons (Fsp3) is 0.222. The van der Waals surface area contributed by atoms with E-state index in [0.717, 1.165) is 6.26 Å². The zero-order valence-electron chi connectivity index (χ0n) is 7.85. The number of carbonyl (C=O) groups is 1. The summed E-state index contributed by atoms with van der Waals surface area (Å²) in [6, 6.07) is 4.87. The minimum Gasteiger partial charge on any atom is -0.545 e. The van der Waals surface area contributed by atoms with E-state index in [0.29, 0.717) is 0 Å². The number of carbonyl (C=O) groups excluding carboxylic acids is 1. The predicted octanol–water partition coefficient (Wildman–Crippen LogP) is -2.91. The van der Waals surface area contributed by atoms with Crippen LogP contribution in [-0.4, -0.2) is 20.6 Å². The Hall–Kier alpha value is 0.276. The van der Waals surface area contributed by atoms with E-state index in [4.69, 9.17) is 0 Å². The van der Waals surface area contributed by atoms with E-state index in [9.17, 15) is 18.3 Å². The van der Waals surface area contributed by atoms with Crippen LogP contribution >= 0.6 is 0 Å². The molecule has 0 N–H and O–H groups in total. The van der Waals surface area contributed by atoms with Gasteiger partial charge in [-0.05, 0) is 17.7 Å². The molecule has 0 bridgehead atoms. The second kappa shape index (κ2) is 6.77. The first-order valence-electron chi connectivity index (χ1n) is 3.43. The molecule has 0 saturated heterocycles. The van der Waals surface area contributed by atoms with Gasteiger partial charge in [0.1, 0.15) is 0 Å². The molecule has 1 rings (SSSR count). The Morgan fingerprint density at radius 2 is 1.60 bits per heavy atom. The van der Waals surface area contributed by atoms with E-state index >= 15 is 0 Å². The number of sulfone groups is 1. The monoisotopic (exact) mass is 254 g/mol. The number of aromatic carboxylic acids is 1. The van der Waals surface area contributed by atoms with Gasteiger partial charge in [0.15, 0.2) is 9.84 Å². The molecule has 15 heavy (non-hydrogen) atoms. The zero-order valence-corrected chi connectivity index (χ0v) is 11.8. The van der Waals surface area contributed by atoms with Crippen LogP contribution in [0.2, 0.25) is 0 Å². The van der Waals surface area contributed by atoms with Crippen molar-refractivity contribution >= 4 is 15.8 Å². The standard InChI is InChI=1S/C8H8O4S.CH4.K/c1-13(11,12)7-4-2-6(3-5-7)8(9)10;;/h2-5H,1H3,(H,9,10);1H4;/q;;+1/p-1. The number of carboxylic acids is 1. The van der Waals surface area contributed by atoms with Crippen LogP contribution in [-0.2, 0) is 9.84 Å². The van der Waals surface area contributed by atoms with Crippen LogP contribution in [0, 0.1) is 0 Å². The van der Waals surface area contributed by atoms with Gasteiger partial charge in [-0.2, -0.15) is 0 Å². The third kappa shape index (κ3) is 5.23. The van der Waals surface area contributed by atoms with Crippen molar-refractivity contribution in [3.8, 4) is 0 Å². The molecule has 0 fully saturated rings. The molecule has 78 valence electrons. The summed E-state index contributed by atoms with van der Waals surface area (Å²) in [7, 11) is -3.26. The Bertz CT molecular complexity index is 422. The Labute approximate surface area is 132 Å². The van der Waals surface area contributed by atoms with Crippen molar-refractivity contribution in [3.05, 3.63) is 29.8 Å². The first-order valence-corrected chi connectivity index (χ1v) is 5.32. The molecule has 4 nitrogen and oxygen atoms in total. The van der Waals surface area contributed by atoms with Crippen LogP contribution in [0.1, 0.15) is 17.8 Å². The summed E-state index contributed by atoms with van der Waals surface area (Å²) in [5.41, 5.74) is -0.0348. The van der Waals surface area contributed by atoms with Crippen LogP contribution in [0.3, 0.4) is 0 Å². The van der Waals surface area contributed by atoms with E-state index in [1.807, 2.05) is 0 Å². The molecule has 0 saturated carbocycles. The number of rotatable bonds is 2. The average molecular weight is 254 g/mol. The van der Waals surface area contributed by atoms with Crippen LogP contribution < -0.4 is 56.5 Å². The number of hydrogen-bond acceptors (Lipinski definition) is 4. The average Bonchev–Trinajstić information content (AvgIpc) is 2.03. The summed E-state index contributed by atoms with van der Waals surface area (Å²) in [5.74, 6) is -1.32. The first kappa shape index (κ1) is 17.7. The summed E-state index contributed by atoms with van der Waals surface area (Å²) in [6.45, 7) is 0. The minimum absolute atomic E-state index is 0.